The molecule has 1 N–H and O–H groups in total. The molecule has 1 fully saturated rings. The molecule has 0 atom stereocenters. The molecule has 0 spiro atoms. The molecule has 1 aliphatic rings. The first-order valence-electron chi connectivity index (χ1n) is 7.52. The maximum atomic E-state index is 11.8. The Labute approximate surface area is 113 Å². The third kappa shape index (κ3) is 6.39. The molecule has 3 nitrogen and oxygen atoms in total. The highest BCUT2D eigenvalue weighted by molar-refractivity contribution is 5.78. The summed E-state index contributed by atoms with van der Waals surface area (Å²) in [6.45, 7) is 15.6. The zero-order valence-electron chi connectivity index (χ0n) is 13.1. The van der Waals surface area contributed by atoms with Gasteiger partial charge in [-0.3, -0.25) is 4.79 Å². The van der Waals surface area contributed by atoms with Crippen molar-refractivity contribution in [3.05, 3.63) is 0 Å². The molecular formula is C15H32N2O. The number of nitrogens with one attached hydrogen (secondary N) is 1. The topological polar surface area (TPSA) is 32.3 Å². The van der Waals surface area contributed by atoms with Gasteiger partial charge in [0.2, 0.25) is 5.91 Å². The van der Waals surface area contributed by atoms with Crippen molar-refractivity contribution in [3.63, 3.8) is 0 Å². The summed E-state index contributed by atoms with van der Waals surface area (Å²) in [5, 5.41) is 3.04. The first-order valence-corrected chi connectivity index (χ1v) is 7.52. The van der Waals surface area contributed by atoms with E-state index in [9.17, 15) is 4.79 Å². The molecule has 0 bridgehead atoms. The van der Waals surface area contributed by atoms with Crippen LogP contribution in [0, 0.1) is 11.8 Å². The van der Waals surface area contributed by atoms with Crippen LogP contribution in [-0.4, -0.2) is 36.5 Å². The van der Waals surface area contributed by atoms with Crippen molar-refractivity contribution in [2.75, 3.05) is 19.6 Å². The fraction of sp³-hybridized carbons (Fsp3) is 0.933. The number of hydrogen-bond donors (Lipinski definition) is 1. The van der Waals surface area contributed by atoms with Crippen molar-refractivity contribution < 1.29 is 4.79 Å². The molecule has 1 saturated heterocycles. The fourth-order valence-electron chi connectivity index (χ4n) is 2.13. The molecule has 0 saturated carbocycles. The van der Waals surface area contributed by atoms with Gasteiger partial charge >= 0.3 is 0 Å². The lowest BCUT2D eigenvalue weighted by Gasteiger charge is -2.34. The minimum atomic E-state index is 0.244. The number of likely N-dealkylation sites (tertiary alicyclic amines) is 1. The second-order valence-electron chi connectivity index (χ2n) is 5.54. The summed E-state index contributed by atoms with van der Waals surface area (Å²) in [5.41, 5.74) is 0. The molecule has 1 amide bonds. The fourth-order valence-corrected chi connectivity index (χ4v) is 2.13. The molecule has 3 heteroatoms. The molecule has 1 aliphatic heterocycles. The monoisotopic (exact) mass is 256 g/mol. The van der Waals surface area contributed by atoms with Gasteiger partial charge in [0, 0.05) is 18.5 Å². The predicted octanol–water partition coefficient (Wildman–Crippen LogP) is 2.91. The number of rotatable bonds is 4. The van der Waals surface area contributed by atoms with Gasteiger partial charge in [-0.25, -0.2) is 0 Å². The number of piperidine rings is 1. The highest BCUT2D eigenvalue weighted by Gasteiger charge is 2.25. The Morgan fingerprint density at radius 3 is 2.06 bits per heavy atom. The lowest BCUT2D eigenvalue weighted by Crippen LogP contribution is -2.43. The van der Waals surface area contributed by atoms with Gasteiger partial charge in [-0.15, -0.1) is 0 Å². The van der Waals surface area contributed by atoms with Crippen LogP contribution < -0.4 is 5.32 Å². The van der Waals surface area contributed by atoms with Crippen LogP contribution in [0.25, 0.3) is 0 Å². The van der Waals surface area contributed by atoms with Crippen molar-refractivity contribution in [2.24, 2.45) is 11.8 Å². The Balaban J connectivity index is 0.00000137. The van der Waals surface area contributed by atoms with Crippen LogP contribution in [0.3, 0.4) is 0 Å². The van der Waals surface area contributed by atoms with Crippen LogP contribution in [0.2, 0.25) is 0 Å². The van der Waals surface area contributed by atoms with Crippen LogP contribution in [0.15, 0.2) is 0 Å². The van der Waals surface area contributed by atoms with Gasteiger partial charge < -0.3 is 10.2 Å². The number of hydrogen-bond acceptors (Lipinski definition) is 2. The van der Waals surface area contributed by atoms with E-state index in [1.807, 2.05) is 13.8 Å². The van der Waals surface area contributed by atoms with Crippen LogP contribution in [0.1, 0.15) is 54.4 Å². The quantitative estimate of drug-likeness (QED) is 0.839. The largest absolute Gasteiger partial charge is 0.356 e. The number of carbonyl (C=O) groups excluding carboxylic acids is 1. The van der Waals surface area contributed by atoms with E-state index in [0.717, 1.165) is 32.5 Å². The summed E-state index contributed by atoms with van der Waals surface area (Å²) in [5.74, 6) is 1.05. The molecule has 108 valence electrons. The second kappa shape index (κ2) is 9.37. The molecule has 0 aliphatic carbocycles. The van der Waals surface area contributed by atoms with Gasteiger partial charge in [-0.1, -0.05) is 27.7 Å². The van der Waals surface area contributed by atoms with Gasteiger partial charge in [-0.2, -0.15) is 0 Å². The van der Waals surface area contributed by atoms with Crippen molar-refractivity contribution >= 4 is 5.91 Å². The Bertz CT molecular complexity index is 219. The molecule has 0 radical (unpaired) electrons. The summed E-state index contributed by atoms with van der Waals surface area (Å²) in [6, 6.07) is 0.611. The first-order chi connectivity index (χ1) is 8.50. The van der Waals surface area contributed by atoms with Crippen molar-refractivity contribution in [3.8, 4) is 0 Å². The van der Waals surface area contributed by atoms with E-state index in [2.05, 4.69) is 37.9 Å². The predicted molar refractivity (Wildman–Crippen MR) is 78.6 cm³/mol. The van der Waals surface area contributed by atoms with E-state index in [-0.39, 0.29) is 11.8 Å². The lowest BCUT2D eigenvalue weighted by atomic mass is 9.95. The van der Waals surface area contributed by atoms with Gasteiger partial charge in [0.15, 0.2) is 0 Å². The third-order valence-corrected chi connectivity index (χ3v) is 3.32. The summed E-state index contributed by atoms with van der Waals surface area (Å²) >= 11 is 0. The molecule has 0 aromatic rings. The molecule has 0 aromatic carbocycles. The SMILES string of the molecule is CC.CC(C)CNC(=O)C1CCN(C(C)C)CC1. The summed E-state index contributed by atoms with van der Waals surface area (Å²) in [6.07, 6.45) is 2.03. The average molecular weight is 256 g/mol. The Morgan fingerprint density at radius 2 is 1.67 bits per heavy atom. The molecule has 18 heavy (non-hydrogen) atoms. The average Bonchev–Trinajstić information content (AvgIpc) is 2.38. The van der Waals surface area contributed by atoms with E-state index in [0.29, 0.717) is 12.0 Å². The van der Waals surface area contributed by atoms with Crippen LogP contribution in [0.5, 0.6) is 0 Å². The molecular weight excluding hydrogens is 224 g/mol. The van der Waals surface area contributed by atoms with Crippen LogP contribution in [-0.2, 0) is 4.79 Å². The number of nitrogens with zero attached hydrogens (tertiary/aromatic N) is 1. The zero-order valence-corrected chi connectivity index (χ0v) is 13.1. The minimum Gasteiger partial charge on any atom is -0.356 e. The zero-order chi connectivity index (χ0) is 14.1. The van der Waals surface area contributed by atoms with E-state index >= 15 is 0 Å². The second-order valence-corrected chi connectivity index (χ2v) is 5.54. The summed E-state index contributed by atoms with van der Waals surface area (Å²) in [4.78, 5) is 14.3. The van der Waals surface area contributed by atoms with Gasteiger partial charge in [0.05, 0.1) is 0 Å². The number of carbonyl (C=O) groups is 1. The van der Waals surface area contributed by atoms with Gasteiger partial charge in [0.1, 0.15) is 0 Å². The van der Waals surface area contributed by atoms with Gasteiger partial charge in [-0.05, 0) is 45.7 Å². The Kier molecular flexibility index (Phi) is 9.08. The first kappa shape index (κ1) is 17.4. The van der Waals surface area contributed by atoms with Crippen molar-refractivity contribution in [1.82, 2.24) is 10.2 Å². The molecule has 0 unspecified atom stereocenters. The van der Waals surface area contributed by atoms with Crippen LogP contribution in [0.4, 0.5) is 0 Å². The summed E-state index contributed by atoms with van der Waals surface area (Å²) in [7, 11) is 0. The Hall–Kier alpha value is -0.570. The van der Waals surface area contributed by atoms with Gasteiger partial charge in [0.25, 0.3) is 0 Å². The third-order valence-electron chi connectivity index (χ3n) is 3.32. The van der Waals surface area contributed by atoms with Crippen molar-refractivity contribution in [2.45, 2.75) is 60.4 Å². The summed E-state index contributed by atoms with van der Waals surface area (Å²) < 4.78 is 0. The number of amides is 1. The smallest absolute Gasteiger partial charge is 0.223 e. The Morgan fingerprint density at radius 1 is 1.17 bits per heavy atom. The van der Waals surface area contributed by atoms with E-state index in [4.69, 9.17) is 0 Å². The highest BCUT2D eigenvalue weighted by Crippen LogP contribution is 2.18. The maximum Gasteiger partial charge on any atom is 0.223 e. The lowest BCUT2D eigenvalue weighted by molar-refractivity contribution is -0.126. The van der Waals surface area contributed by atoms with Crippen LogP contribution >= 0.6 is 0 Å². The highest BCUT2D eigenvalue weighted by atomic mass is 16.1. The maximum absolute atomic E-state index is 11.8. The van der Waals surface area contributed by atoms with E-state index in [1.165, 1.54) is 0 Å². The molecule has 1 rings (SSSR count). The standard InChI is InChI=1S/C13H26N2O.C2H6/c1-10(2)9-14-13(16)12-5-7-15(8-6-12)11(3)4;1-2/h10-12H,5-9H2,1-4H3,(H,14,16);1-2H3. The minimum absolute atomic E-state index is 0.244. The molecule has 1 heterocycles. The molecule has 0 aromatic heterocycles. The van der Waals surface area contributed by atoms with E-state index in [1.54, 1.807) is 0 Å². The van der Waals surface area contributed by atoms with Crippen molar-refractivity contribution in [1.29, 1.82) is 0 Å². The normalized spacial score (nSPS) is 17.6. The van der Waals surface area contributed by atoms with E-state index < -0.39 is 0 Å².